The van der Waals surface area contributed by atoms with Crippen LogP contribution in [0.4, 0.5) is 0 Å². The molecule has 0 bridgehead atoms. The number of rotatable bonds is 3. The predicted molar refractivity (Wildman–Crippen MR) is 80.2 cm³/mol. The molecule has 1 atom stereocenters. The molecule has 0 spiro atoms. The first kappa shape index (κ1) is 16.6. The van der Waals surface area contributed by atoms with Gasteiger partial charge in [-0.3, -0.25) is 4.79 Å². The zero-order valence-corrected chi connectivity index (χ0v) is 14.1. The molecule has 1 amide bonds. The maximum absolute atomic E-state index is 12.8. The summed E-state index contributed by atoms with van der Waals surface area (Å²) in [6.07, 6.45) is 1.27. The van der Waals surface area contributed by atoms with Crippen LogP contribution in [-0.2, 0) is 24.1 Å². The molecule has 0 N–H and O–H groups in total. The number of amides is 1. The molecule has 0 aliphatic carbocycles. The average molecular weight is 343 g/mol. The highest BCUT2D eigenvalue weighted by molar-refractivity contribution is 7.95. The van der Waals surface area contributed by atoms with Gasteiger partial charge in [-0.15, -0.1) is 4.31 Å². The van der Waals surface area contributed by atoms with Crippen LogP contribution in [0.5, 0.6) is 0 Å². The Kier molecular flexibility index (Phi) is 4.54. The van der Waals surface area contributed by atoms with Gasteiger partial charge >= 0.3 is 0 Å². The van der Waals surface area contributed by atoms with Crippen LogP contribution in [0.25, 0.3) is 0 Å². The van der Waals surface area contributed by atoms with E-state index in [1.54, 1.807) is 13.8 Å². The van der Waals surface area contributed by atoms with Crippen LogP contribution >= 0.6 is 0 Å². The van der Waals surface area contributed by atoms with Gasteiger partial charge in [-0.1, -0.05) is 9.37 Å². The number of carbonyl (C=O) groups is 1. The van der Waals surface area contributed by atoms with Crippen molar-refractivity contribution in [2.75, 3.05) is 32.8 Å². The Morgan fingerprint density at radius 2 is 1.96 bits per heavy atom. The van der Waals surface area contributed by atoms with Gasteiger partial charge < -0.3 is 18.7 Å². The number of morpholine rings is 1. The third-order valence-electron chi connectivity index (χ3n) is 4.45. The van der Waals surface area contributed by atoms with Crippen molar-refractivity contribution >= 4 is 16.3 Å². The Balaban J connectivity index is 1.69. The Hall–Kier alpha value is -1.29. The van der Waals surface area contributed by atoms with E-state index in [0.29, 0.717) is 50.5 Å². The van der Waals surface area contributed by atoms with Gasteiger partial charge in [0.1, 0.15) is 12.3 Å². The van der Waals surface area contributed by atoms with Crippen molar-refractivity contribution in [1.29, 1.82) is 0 Å². The molecule has 0 saturated carbocycles. The largest absolute Gasteiger partial charge is 0.593 e. The molecule has 2 fully saturated rings. The minimum atomic E-state index is -3.60. The Morgan fingerprint density at radius 1 is 1.26 bits per heavy atom. The number of aryl methyl sites for hydroxylation is 2. The molecule has 3 rings (SSSR count). The third kappa shape index (κ3) is 3.06. The number of aromatic nitrogens is 1. The molecule has 2 aliphatic rings. The summed E-state index contributed by atoms with van der Waals surface area (Å²) in [5.41, 5.74) is 0.382. The summed E-state index contributed by atoms with van der Waals surface area (Å²) in [4.78, 5) is 13.9. The Labute approximate surface area is 136 Å². The molecule has 3 heterocycles. The first-order valence-corrected chi connectivity index (χ1v) is 9.15. The topological polar surface area (TPSA) is 98.9 Å². The zero-order valence-electron chi connectivity index (χ0n) is 13.3. The van der Waals surface area contributed by atoms with Crippen LogP contribution in [0.3, 0.4) is 0 Å². The molecule has 128 valence electrons. The van der Waals surface area contributed by atoms with E-state index in [2.05, 4.69) is 5.16 Å². The molecule has 1 aromatic heterocycles. The maximum Gasteiger partial charge on any atom is 0.248 e. The van der Waals surface area contributed by atoms with E-state index in [1.165, 1.54) is 4.31 Å². The number of carbonyl (C=O) groups excluding carboxylic acids is 1. The molecular formula is C14H21N3O5S. The molecule has 2 aliphatic heterocycles. The van der Waals surface area contributed by atoms with Crippen LogP contribution in [0, 0.1) is 13.8 Å². The molecule has 0 radical (unpaired) electrons. The molecular weight excluding hydrogens is 322 g/mol. The van der Waals surface area contributed by atoms with Crippen molar-refractivity contribution < 1.29 is 22.8 Å². The lowest BCUT2D eigenvalue weighted by Gasteiger charge is -2.40. The number of ether oxygens (including phenoxy) is 1. The number of piperidine rings is 1. The fourth-order valence-electron chi connectivity index (χ4n) is 3.28. The summed E-state index contributed by atoms with van der Waals surface area (Å²) in [7, 11) is -3.60. The van der Waals surface area contributed by atoms with E-state index < -0.39 is 10.4 Å². The van der Waals surface area contributed by atoms with Crippen LogP contribution in [0.15, 0.2) is 9.42 Å². The van der Waals surface area contributed by atoms with Crippen molar-refractivity contribution in [1.82, 2.24) is 14.4 Å². The second kappa shape index (κ2) is 6.31. The highest BCUT2D eigenvalue weighted by Crippen LogP contribution is 2.31. The second-order valence-electron chi connectivity index (χ2n) is 5.93. The minimum Gasteiger partial charge on any atom is -0.593 e. The maximum atomic E-state index is 12.8. The second-order valence-corrected chi connectivity index (χ2v) is 7.80. The average Bonchev–Trinajstić information content (AvgIpc) is 2.87. The van der Waals surface area contributed by atoms with E-state index >= 15 is 0 Å². The molecule has 0 aromatic carbocycles. The summed E-state index contributed by atoms with van der Waals surface area (Å²) in [6, 6.07) is 0.0857. The van der Waals surface area contributed by atoms with Crippen LogP contribution < -0.4 is 0 Å². The lowest BCUT2D eigenvalue weighted by atomic mass is 10.0. The molecule has 9 heteroatoms. The summed E-state index contributed by atoms with van der Waals surface area (Å²) in [6.45, 7) is 5.26. The molecule has 1 aromatic rings. The van der Waals surface area contributed by atoms with Crippen molar-refractivity contribution in [2.24, 2.45) is 0 Å². The van der Waals surface area contributed by atoms with Crippen molar-refractivity contribution in [2.45, 2.75) is 37.6 Å². The normalized spacial score (nSPS) is 24.0. The molecule has 8 nitrogen and oxygen atoms in total. The van der Waals surface area contributed by atoms with Crippen molar-refractivity contribution in [3.63, 3.8) is 0 Å². The zero-order chi connectivity index (χ0) is 16.6. The monoisotopic (exact) mass is 343 g/mol. The van der Waals surface area contributed by atoms with Crippen molar-refractivity contribution in [3.8, 4) is 0 Å². The predicted octanol–water partition coefficient (Wildman–Crippen LogP) is 0.518. The lowest BCUT2D eigenvalue weighted by Crippen LogP contribution is -2.53. The standard InChI is InChI=1S/C14H21N3O5S/c1-10-14(11(2)22-15-10)23(19,20)16-5-3-12(4-6-16)17-7-8-21-9-13(17)18/h12H,3-9H2,1-2H3. The number of hydrogen-bond acceptors (Lipinski definition) is 6. The number of hydrogen-bond donors (Lipinski definition) is 0. The molecule has 2 saturated heterocycles. The van der Waals surface area contributed by atoms with Crippen LogP contribution in [0.2, 0.25) is 0 Å². The highest BCUT2D eigenvalue weighted by atomic mass is 32.3. The summed E-state index contributed by atoms with van der Waals surface area (Å²) >= 11 is 0. The minimum absolute atomic E-state index is 0.0109. The van der Waals surface area contributed by atoms with Gasteiger partial charge in [0, 0.05) is 32.6 Å². The Bertz CT molecular complexity index is 619. The van der Waals surface area contributed by atoms with E-state index in [-0.39, 0.29) is 23.5 Å². The van der Waals surface area contributed by atoms with E-state index in [9.17, 15) is 13.6 Å². The summed E-state index contributed by atoms with van der Waals surface area (Å²) in [5, 5.41) is 3.73. The molecule has 1 unspecified atom stereocenters. The number of nitrogens with zero attached hydrogens (tertiary/aromatic N) is 3. The van der Waals surface area contributed by atoms with Gasteiger partial charge in [0.05, 0.1) is 6.61 Å². The van der Waals surface area contributed by atoms with Gasteiger partial charge in [0.2, 0.25) is 10.8 Å². The lowest BCUT2D eigenvalue weighted by molar-refractivity contribution is -0.146. The van der Waals surface area contributed by atoms with E-state index in [1.807, 2.05) is 4.90 Å². The molecule has 23 heavy (non-hydrogen) atoms. The van der Waals surface area contributed by atoms with E-state index in [4.69, 9.17) is 9.26 Å². The summed E-state index contributed by atoms with van der Waals surface area (Å²) < 4.78 is 37.1. The van der Waals surface area contributed by atoms with Gasteiger partial charge in [0.15, 0.2) is 16.2 Å². The van der Waals surface area contributed by atoms with Gasteiger partial charge in [-0.05, 0) is 19.8 Å². The van der Waals surface area contributed by atoms with Crippen LogP contribution in [-0.4, -0.2) is 63.7 Å². The quantitative estimate of drug-likeness (QED) is 0.742. The Morgan fingerprint density at radius 3 is 2.52 bits per heavy atom. The van der Waals surface area contributed by atoms with Crippen LogP contribution in [0.1, 0.15) is 24.3 Å². The van der Waals surface area contributed by atoms with E-state index in [0.717, 1.165) is 0 Å². The van der Waals surface area contributed by atoms with Gasteiger partial charge in [-0.25, -0.2) is 0 Å². The third-order valence-corrected chi connectivity index (χ3v) is 6.60. The van der Waals surface area contributed by atoms with Crippen molar-refractivity contribution in [3.05, 3.63) is 11.5 Å². The van der Waals surface area contributed by atoms with Gasteiger partial charge in [0.25, 0.3) is 0 Å². The fraction of sp³-hybridized carbons (Fsp3) is 0.714. The first-order chi connectivity index (χ1) is 10.9. The SMILES string of the molecule is Cc1noc(C)c1[S+](=O)([O-])N1CCC(N2CCOCC2=O)CC1. The fourth-order valence-corrected chi connectivity index (χ4v) is 5.04. The van der Waals surface area contributed by atoms with Gasteiger partial charge in [-0.2, -0.15) is 0 Å². The number of sulfonamides is 1. The summed E-state index contributed by atoms with van der Waals surface area (Å²) in [5.74, 6) is 0.302. The first-order valence-electron chi connectivity index (χ1n) is 7.71. The smallest absolute Gasteiger partial charge is 0.248 e. The highest BCUT2D eigenvalue weighted by Gasteiger charge is 2.40.